The maximum absolute atomic E-state index is 11.8. The highest BCUT2D eigenvalue weighted by Crippen LogP contribution is 2.24. The number of amides is 2. The number of hydrogen-bond acceptors (Lipinski definition) is 3. The van der Waals surface area contributed by atoms with Crippen LogP contribution in [0.5, 0.6) is 0 Å². The smallest absolute Gasteiger partial charge is 0.232 e. The molecule has 4 nitrogen and oxygen atoms in total. The van der Waals surface area contributed by atoms with Crippen LogP contribution < -0.4 is 0 Å². The van der Waals surface area contributed by atoms with E-state index in [0.29, 0.717) is 19.3 Å². The second-order valence-corrected chi connectivity index (χ2v) is 6.27. The van der Waals surface area contributed by atoms with Gasteiger partial charge in [0.1, 0.15) is 5.78 Å². The molecule has 2 amide bonds. The maximum atomic E-state index is 11.8. The molecule has 0 bridgehead atoms. The number of Topliss-reactive ketones (excluding diaryl/α,β-unsaturated/α-hetero) is 1. The Labute approximate surface area is 109 Å². The summed E-state index contributed by atoms with van der Waals surface area (Å²) in [7, 11) is 0. The second kappa shape index (κ2) is 5.21. The quantitative estimate of drug-likeness (QED) is 0.721. The summed E-state index contributed by atoms with van der Waals surface area (Å²) in [6, 6.07) is -0.179. The van der Waals surface area contributed by atoms with Crippen molar-refractivity contribution < 1.29 is 14.4 Å². The molecular weight excluding hydrogens is 230 g/mol. The maximum Gasteiger partial charge on any atom is 0.232 e. The molecule has 102 valence electrons. The summed E-state index contributed by atoms with van der Waals surface area (Å²) >= 11 is 0. The van der Waals surface area contributed by atoms with Crippen LogP contribution in [0.15, 0.2) is 0 Å². The van der Waals surface area contributed by atoms with Crippen molar-refractivity contribution in [1.82, 2.24) is 4.90 Å². The number of ketones is 1. The summed E-state index contributed by atoms with van der Waals surface area (Å²) in [4.78, 5) is 36.7. The van der Waals surface area contributed by atoms with Gasteiger partial charge in [-0.3, -0.25) is 19.3 Å². The lowest BCUT2D eigenvalue weighted by Gasteiger charge is -2.24. The molecule has 0 aromatic heterocycles. The molecule has 0 aromatic carbocycles. The Kier molecular flexibility index (Phi) is 4.30. The van der Waals surface area contributed by atoms with Crippen LogP contribution in [0.2, 0.25) is 0 Å². The van der Waals surface area contributed by atoms with E-state index in [0.717, 1.165) is 0 Å². The summed E-state index contributed by atoms with van der Waals surface area (Å²) in [5, 5.41) is 0. The van der Waals surface area contributed by atoms with E-state index in [2.05, 4.69) is 0 Å². The van der Waals surface area contributed by atoms with E-state index in [1.807, 2.05) is 27.7 Å². The largest absolute Gasteiger partial charge is 0.299 e. The van der Waals surface area contributed by atoms with Gasteiger partial charge in [-0.15, -0.1) is 0 Å². The molecule has 18 heavy (non-hydrogen) atoms. The number of imide groups is 1. The molecular formula is C14H23NO3. The van der Waals surface area contributed by atoms with Crippen LogP contribution >= 0.6 is 0 Å². The number of carbonyl (C=O) groups is 3. The normalized spacial score (nSPS) is 22.5. The van der Waals surface area contributed by atoms with Gasteiger partial charge in [0, 0.05) is 30.2 Å². The van der Waals surface area contributed by atoms with Crippen LogP contribution in [-0.4, -0.2) is 28.5 Å². The third-order valence-corrected chi connectivity index (χ3v) is 3.47. The van der Waals surface area contributed by atoms with Gasteiger partial charge in [0.05, 0.1) is 0 Å². The Bertz CT molecular complexity index is 368. The third-order valence-electron chi connectivity index (χ3n) is 3.47. The molecule has 2 unspecified atom stereocenters. The van der Waals surface area contributed by atoms with E-state index in [4.69, 9.17) is 0 Å². The Balaban J connectivity index is 2.57. The van der Waals surface area contributed by atoms with Crippen LogP contribution in [-0.2, 0) is 14.4 Å². The zero-order valence-electron chi connectivity index (χ0n) is 11.9. The molecule has 1 aliphatic heterocycles. The number of hydrogen-bond donors (Lipinski definition) is 0. The van der Waals surface area contributed by atoms with Crippen LogP contribution in [0.1, 0.15) is 53.9 Å². The van der Waals surface area contributed by atoms with Gasteiger partial charge in [-0.1, -0.05) is 27.7 Å². The van der Waals surface area contributed by atoms with Crippen molar-refractivity contribution in [3.63, 3.8) is 0 Å². The number of carbonyl (C=O) groups excluding carboxylic acids is 3. The van der Waals surface area contributed by atoms with Crippen molar-refractivity contribution in [2.45, 2.75) is 59.9 Å². The predicted molar refractivity (Wildman–Crippen MR) is 68.8 cm³/mol. The average Bonchev–Trinajstić information content (AvgIpc) is 2.48. The zero-order valence-corrected chi connectivity index (χ0v) is 11.9. The van der Waals surface area contributed by atoms with Crippen molar-refractivity contribution in [2.24, 2.45) is 11.3 Å². The molecule has 1 saturated heterocycles. The Morgan fingerprint density at radius 3 is 2.33 bits per heavy atom. The van der Waals surface area contributed by atoms with Gasteiger partial charge in [0.15, 0.2) is 0 Å². The fraction of sp³-hybridized carbons (Fsp3) is 0.786. The molecule has 0 aromatic rings. The third kappa shape index (κ3) is 3.18. The SMILES string of the molecule is CC1CC(=O)N(C(C)CCC(=O)C(C)(C)C)C1=O. The van der Waals surface area contributed by atoms with Crippen LogP contribution in [0.25, 0.3) is 0 Å². The molecule has 2 atom stereocenters. The first kappa shape index (κ1) is 14.9. The Morgan fingerprint density at radius 1 is 1.39 bits per heavy atom. The molecule has 1 fully saturated rings. The van der Waals surface area contributed by atoms with E-state index in [9.17, 15) is 14.4 Å². The lowest BCUT2D eigenvalue weighted by atomic mass is 9.87. The van der Waals surface area contributed by atoms with Gasteiger partial charge in [-0.25, -0.2) is 0 Å². The van der Waals surface area contributed by atoms with Crippen LogP contribution in [0, 0.1) is 11.3 Å². The standard InChI is InChI=1S/C14H23NO3/c1-9-8-12(17)15(13(9)18)10(2)6-7-11(16)14(3,4)5/h9-10H,6-8H2,1-5H3. The van der Waals surface area contributed by atoms with Crippen molar-refractivity contribution in [2.75, 3.05) is 0 Å². The molecule has 0 saturated carbocycles. The molecule has 0 spiro atoms. The van der Waals surface area contributed by atoms with Gasteiger partial charge in [0.2, 0.25) is 11.8 Å². The molecule has 1 rings (SSSR count). The van der Waals surface area contributed by atoms with Gasteiger partial charge in [-0.05, 0) is 13.3 Å². The zero-order chi connectivity index (χ0) is 14.1. The van der Waals surface area contributed by atoms with Gasteiger partial charge >= 0.3 is 0 Å². The van der Waals surface area contributed by atoms with Gasteiger partial charge < -0.3 is 0 Å². The molecule has 0 aliphatic carbocycles. The molecule has 1 aliphatic rings. The lowest BCUT2D eigenvalue weighted by molar-refractivity contribution is -0.142. The predicted octanol–water partition coefficient (Wildman–Crippen LogP) is 2.17. The number of likely N-dealkylation sites (tertiary alicyclic amines) is 1. The first-order valence-corrected chi connectivity index (χ1v) is 6.53. The van der Waals surface area contributed by atoms with Gasteiger partial charge in [-0.2, -0.15) is 0 Å². The van der Waals surface area contributed by atoms with Crippen molar-refractivity contribution in [3.05, 3.63) is 0 Å². The Morgan fingerprint density at radius 2 is 1.94 bits per heavy atom. The summed E-state index contributed by atoms with van der Waals surface area (Å²) in [6.45, 7) is 9.26. The van der Waals surface area contributed by atoms with E-state index in [-0.39, 0.29) is 35.0 Å². The molecule has 0 radical (unpaired) electrons. The van der Waals surface area contributed by atoms with Gasteiger partial charge in [0.25, 0.3) is 0 Å². The molecule has 1 heterocycles. The van der Waals surface area contributed by atoms with Crippen LogP contribution in [0.4, 0.5) is 0 Å². The molecule has 0 N–H and O–H groups in total. The lowest BCUT2D eigenvalue weighted by Crippen LogP contribution is -2.39. The molecule has 4 heteroatoms. The minimum absolute atomic E-state index is 0.101. The van der Waals surface area contributed by atoms with E-state index < -0.39 is 0 Å². The van der Waals surface area contributed by atoms with E-state index >= 15 is 0 Å². The first-order valence-electron chi connectivity index (χ1n) is 6.53. The fourth-order valence-corrected chi connectivity index (χ4v) is 2.12. The summed E-state index contributed by atoms with van der Waals surface area (Å²) in [5.41, 5.74) is -0.355. The topological polar surface area (TPSA) is 54.5 Å². The highest BCUT2D eigenvalue weighted by molar-refractivity contribution is 6.03. The van der Waals surface area contributed by atoms with Crippen molar-refractivity contribution in [3.8, 4) is 0 Å². The van der Waals surface area contributed by atoms with Crippen molar-refractivity contribution in [1.29, 1.82) is 0 Å². The Hall–Kier alpha value is -1.19. The van der Waals surface area contributed by atoms with E-state index in [1.165, 1.54) is 4.90 Å². The summed E-state index contributed by atoms with van der Waals surface area (Å²) in [5.74, 6) is -0.251. The van der Waals surface area contributed by atoms with E-state index in [1.54, 1.807) is 6.92 Å². The van der Waals surface area contributed by atoms with Crippen molar-refractivity contribution >= 4 is 17.6 Å². The monoisotopic (exact) mass is 253 g/mol. The number of nitrogens with zero attached hydrogens (tertiary/aromatic N) is 1. The summed E-state index contributed by atoms with van der Waals surface area (Å²) in [6.07, 6.45) is 1.27. The first-order chi connectivity index (χ1) is 8.14. The fourth-order valence-electron chi connectivity index (χ4n) is 2.12. The second-order valence-electron chi connectivity index (χ2n) is 6.27. The van der Waals surface area contributed by atoms with Crippen LogP contribution in [0.3, 0.4) is 0 Å². The highest BCUT2D eigenvalue weighted by atomic mass is 16.2. The number of rotatable bonds is 4. The highest BCUT2D eigenvalue weighted by Gasteiger charge is 2.38. The minimum atomic E-state index is -0.355. The average molecular weight is 253 g/mol. The summed E-state index contributed by atoms with van der Waals surface area (Å²) < 4.78 is 0. The minimum Gasteiger partial charge on any atom is -0.299 e.